The van der Waals surface area contributed by atoms with Crippen molar-refractivity contribution >= 4 is 119 Å². The number of carbonyl (C=O) groups is 5. The highest BCUT2D eigenvalue weighted by Crippen LogP contribution is 2.41. The number of amidine groups is 2. The number of methoxy groups -OCH3 is 2. The number of urea groups is 2. The molecule has 4 amide bonds. The van der Waals surface area contributed by atoms with Crippen molar-refractivity contribution < 1.29 is 83.1 Å². The van der Waals surface area contributed by atoms with Gasteiger partial charge in [0.2, 0.25) is 20.0 Å². The molecule has 16 rings (SSSR count). The summed E-state index contributed by atoms with van der Waals surface area (Å²) >= 11 is 15.8. The third kappa shape index (κ3) is 17.0. The number of nitrogens with one attached hydrogen (secondary N) is 2. The van der Waals surface area contributed by atoms with Crippen LogP contribution in [-0.2, 0) is 53.4 Å². The number of hydrogen-bond donors (Lipinski definition) is 3. The maximum Gasteiger partial charge on any atom is 0.338 e. The van der Waals surface area contributed by atoms with Gasteiger partial charge in [-0.3, -0.25) is 34.4 Å². The minimum absolute atomic E-state index is 0.0695. The number of fused-ring (bicyclic) bond motifs is 2. The number of carbonyl (C=O) groups excluding carboxylic acids is 4. The predicted molar refractivity (Wildman–Crippen MR) is 421 cm³/mol. The van der Waals surface area contributed by atoms with Gasteiger partial charge in [-0.25, -0.2) is 54.8 Å². The number of aliphatic carboxylic acids is 1. The van der Waals surface area contributed by atoms with Crippen LogP contribution in [0.4, 0.5) is 29.7 Å². The summed E-state index contributed by atoms with van der Waals surface area (Å²) in [5.41, 5.74) is 3.84. The van der Waals surface area contributed by atoms with Crippen LogP contribution >= 0.6 is 45.9 Å². The lowest BCUT2D eigenvalue weighted by molar-refractivity contribution is -0.146. The van der Waals surface area contributed by atoms with Gasteiger partial charge in [-0.15, -0.1) is 22.7 Å². The average molecular weight is 1690 g/mol. The molecule has 30 nitrogen and oxygen atoms in total. The molecule has 2 aromatic heterocycles. The molecule has 0 radical (unpaired) electrons. The predicted octanol–water partition coefficient (Wildman–Crippen LogP) is 9.24. The normalized spacial score (nSPS) is 21.1. The number of carboxylic acids is 1. The van der Waals surface area contributed by atoms with Crippen molar-refractivity contribution in [3.63, 3.8) is 0 Å². The zero-order valence-electron chi connectivity index (χ0n) is 61.5. The third-order valence-corrected chi connectivity index (χ3v) is 26.5. The molecule has 0 unspecified atom stereocenters. The Morgan fingerprint density at radius 1 is 0.548 bits per heavy atom. The quantitative estimate of drug-likeness (QED) is 0.0564. The number of thiazole rings is 2. The Labute approximate surface area is 677 Å². The van der Waals surface area contributed by atoms with E-state index in [4.69, 9.17) is 61.6 Å². The Hall–Kier alpha value is -10.4. The molecule has 0 bridgehead atoms. The number of ether oxygens (including phenoxy) is 6. The SMILES string of the molecule is COC(=O)C1=C(CN2CCN3C(=O)N(c4ccc(Oc5ccc(S(=O)(=O)N6CCOCC6)cc5)cc4)C[C@@H]3C2)NC(c2nccs2)=N[C@H]1c1ccc(F)cc1Cl.COC(=O)C1=C(CN2CCN3C(=O)N(c4ccc(Oc5ccc(S(=O)(=O)N6CCOC[C@H]6C(=O)O)cc5)cc4)C[C@@H]3C2)NC(c2nccs2)=N[C@H]1c1ccc(F)cc1Cl. The van der Waals surface area contributed by atoms with Crippen molar-refractivity contribution in [2.45, 2.75) is 40.0 Å². The van der Waals surface area contributed by atoms with Crippen LogP contribution in [0.5, 0.6) is 23.0 Å². The minimum Gasteiger partial charge on any atom is -0.480 e. The number of sulfonamides is 2. The highest BCUT2D eigenvalue weighted by atomic mass is 35.5. The summed E-state index contributed by atoms with van der Waals surface area (Å²) in [6.07, 6.45) is 3.31. The van der Waals surface area contributed by atoms with E-state index in [-0.39, 0.29) is 81.4 Å². The number of benzene rings is 6. The fraction of sp³-hybridized carbons (Fsp3) is 0.312. The molecule has 6 aromatic carbocycles. The van der Waals surface area contributed by atoms with E-state index in [0.717, 1.165) is 4.31 Å². The highest BCUT2D eigenvalue weighted by molar-refractivity contribution is 7.89. The average Bonchev–Trinajstić information content (AvgIpc) is 1.75. The number of aliphatic imine (C=N–C) groups is 2. The number of amides is 4. The molecule has 8 aliphatic heterocycles. The molecule has 6 saturated heterocycles. The number of morpholine rings is 2. The van der Waals surface area contributed by atoms with Crippen LogP contribution in [0.15, 0.2) is 199 Å². The first-order valence-corrected chi connectivity index (χ1v) is 41.7. The number of piperazine rings is 2. The summed E-state index contributed by atoms with van der Waals surface area (Å²) in [6.45, 7) is 5.64. The first kappa shape index (κ1) is 79.9. The van der Waals surface area contributed by atoms with E-state index in [1.807, 2.05) is 32.7 Å². The van der Waals surface area contributed by atoms with Crippen molar-refractivity contribution in [1.82, 2.24) is 48.8 Å². The largest absolute Gasteiger partial charge is 0.480 e. The Morgan fingerprint density at radius 3 is 1.37 bits per heavy atom. The second kappa shape index (κ2) is 34.2. The number of nitrogens with zero attached hydrogens (tertiary/aromatic N) is 12. The second-order valence-corrected chi connectivity index (χ2v) is 33.9. The van der Waals surface area contributed by atoms with Gasteiger partial charge >= 0.3 is 30.0 Å². The Morgan fingerprint density at radius 2 is 0.965 bits per heavy atom. The van der Waals surface area contributed by atoms with Gasteiger partial charge in [0, 0.05) is 152 Å². The lowest BCUT2D eigenvalue weighted by atomic mass is 9.95. The number of carboxylic acid groups (broad SMARTS) is 1. The molecule has 8 aromatic rings. The fourth-order valence-electron chi connectivity index (χ4n) is 14.8. The van der Waals surface area contributed by atoms with Crippen molar-refractivity contribution in [1.29, 1.82) is 0 Å². The maximum atomic E-state index is 14.1. The first-order chi connectivity index (χ1) is 55.5. The third-order valence-electron chi connectivity index (χ3n) is 20.5. The summed E-state index contributed by atoms with van der Waals surface area (Å²) < 4.78 is 116. The number of halogens is 4. The molecular weight excluding hydrogens is 1610 g/mol. The Balaban J connectivity index is 0.000000181. The number of rotatable bonds is 21. The number of aromatic nitrogens is 2. The van der Waals surface area contributed by atoms with Gasteiger partial charge in [0.25, 0.3) is 0 Å². The summed E-state index contributed by atoms with van der Waals surface area (Å²) in [6, 6.07) is 30.5. The zero-order valence-corrected chi connectivity index (χ0v) is 66.3. The van der Waals surface area contributed by atoms with Crippen molar-refractivity contribution in [3.05, 3.63) is 222 Å². The first-order valence-electron chi connectivity index (χ1n) is 36.3. The zero-order chi connectivity index (χ0) is 80.4. The molecule has 0 saturated carbocycles. The van der Waals surface area contributed by atoms with Gasteiger partial charge in [0.1, 0.15) is 52.8 Å². The molecular formula is C77H74Cl2F2N14O16S4. The molecule has 3 N–H and O–H groups in total. The van der Waals surface area contributed by atoms with Crippen LogP contribution in [0.1, 0.15) is 33.2 Å². The standard InChI is InChI=1S/C39H37ClFN7O9S2.C38H37ClFN7O7S2/c1-55-38(51)33-31(43-35(36-42-12-17-58-36)44-34(33)29-11-2-23(41)18-30(29)40)21-45-13-14-46-25(19-45)20-47(39(46)52)24-3-5-26(6-4-24)57-27-7-9-28(10-8-27)59(53,54)48-15-16-56-22-32(48)37(49)50;1-52-37(48)33-32(42-35(36-41-12-19-55-36)43-34(33)30-11-2-24(40)20-31(30)39)23-44-13-14-46-26(21-44)22-47(38(46)49)25-3-5-27(6-4-25)54-28-7-9-29(10-8-28)56(50,51)45-15-17-53-18-16-45/h2-12,17-18,25,32,34H,13-16,19-22H2,1H3,(H,43,44)(H,49,50);2-12,19-20,26,34H,13-18,21-23H2,1H3,(H,42,43)/t25-,32-,34-;26-,34-/m00/s1. The van der Waals surface area contributed by atoms with Gasteiger partial charge < -0.3 is 54.0 Å². The molecule has 6 fully saturated rings. The van der Waals surface area contributed by atoms with Crippen LogP contribution in [0.2, 0.25) is 10.0 Å². The summed E-state index contributed by atoms with van der Waals surface area (Å²) in [4.78, 5) is 95.8. The maximum absolute atomic E-state index is 14.1. The van der Waals surface area contributed by atoms with Crippen LogP contribution in [0.25, 0.3) is 0 Å². The van der Waals surface area contributed by atoms with E-state index in [9.17, 15) is 54.7 Å². The lowest BCUT2D eigenvalue weighted by Gasteiger charge is -2.38. The fourth-order valence-corrected chi connectivity index (χ4v) is 19.5. The van der Waals surface area contributed by atoms with E-state index >= 15 is 0 Å². The molecule has 0 spiro atoms. The van der Waals surface area contributed by atoms with Crippen molar-refractivity contribution in [3.8, 4) is 23.0 Å². The number of hydrogen-bond acceptors (Lipinski definition) is 25. The van der Waals surface area contributed by atoms with Crippen LogP contribution in [0, 0.1) is 11.6 Å². The topological polar surface area (TPSA) is 330 Å². The molecule has 0 aliphatic carbocycles. The Kier molecular flexibility index (Phi) is 23.8. The Bertz CT molecular complexity index is 5390. The lowest BCUT2D eigenvalue weighted by Crippen LogP contribution is -2.53. The summed E-state index contributed by atoms with van der Waals surface area (Å²) in [7, 11) is -5.13. The number of esters is 2. The molecule has 5 atom stereocenters. The smallest absolute Gasteiger partial charge is 0.338 e. The van der Waals surface area contributed by atoms with Crippen LogP contribution in [-0.4, -0.2) is 246 Å². The molecule has 115 heavy (non-hydrogen) atoms. The monoisotopic (exact) mass is 1690 g/mol. The van der Waals surface area contributed by atoms with Crippen LogP contribution in [0.3, 0.4) is 0 Å². The van der Waals surface area contributed by atoms with Gasteiger partial charge in [-0.05, 0) is 121 Å². The van der Waals surface area contributed by atoms with Gasteiger partial charge in [-0.2, -0.15) is 8.61 Å². The van der Waals surface area contributed by atoms with Crippen LogP contribution < -0.4 is 29.9 Å². The van der Waals surface area contributed by atoms with E-state index < -0.39 is 67.7 Å². The molecule has 600 valence electrons. The second-order valence-electron chi connectivity index (χ2n) is 27.4. The minimum atomic E-state index is -4.09. The van der Waals surface area contributed by atoms with E-state index in [1.165, 1.54) is 114 Å². The summed E-state index contributed by atoms with van der Waals surface area (Å²) in [5, 5.41) is 21.2. The van der Waals surface area contributed by atoms with E-state index in [2.05, 4.69) is 30.4 Å². The van der Waals surface area contributed by atoms with Gasteiger partial charge in [0.05, 0.1) is 73.7 Å². The van der Waals surface area contributed by atoms with E-state index in [0.29, 0.717) is 164 Å². The number of anilines is 2. The van der Waals surface area contributed by atoms with Crippen molar-refractivity contribution in [2.75, 3.05) is 136 Å². The highest BCUT2D eigenvalue weighted by Gasteiger charge is 2.46. The molecule has 8 aliphatic rings. The van der Waals surface area contributed by atoms with Crippen molar-refractivity contribution in [2.24, 2.45) is 9.98 Å². The van der Waals surface area contributed by atoms with E-state index in [1.54, 1.807) is 70.7 Å². The molecule has 10 heterocycles. The molecule has 38 heteroatoms. The van der Waals surface area contributed by atoms with Gasteiger partial charge in [-0.1, -0.05) is 35.3 Å². The van der Waals surface area contributed by atoms with Gasteiger partial charge in [0.15, 0.2) is 21.7 Å². The summed E-state index contributed by atoms with van der Waals surface area (Å²) in [5.74, 6) is -0.815.